The standard InChI is InChI=1S/C8H11N3O4S/c1-11(2)16(14,15)10-7-5-6(8(12)13)3-4-9-7/h3-5H,1-2H3,(H,9,10)(H,12,13). The van der Waals surface area contributed by atoms with Crippen LogP contribution in [-0.4, -0.2) is 42.9 Å². The van der Waals surface area contributed by atoms with Crippen LogP contribution < -0.4 is 4.72 Å². The Morgan fingerprint density at radius 3 is 2.62 bits per heavy atom. The molecule has 0 bridgehead atoms. The summed E-state index contributed by atoms with van der Waals surface area (Å²) in [4.78, 5) is 14.3. The lowest BCUT2D eigenvalue weighted by Gasteiger charge is -2.12. The van der Waals surface area contributed by atoms with Gasteiger partial charge in [0.05, 0.1) is 5.56 Å². The van der Waals surface area contributed by atoms with E-state index >= 15 is 0 Å². The van der Waals surface area contributed by atoms with Gasteiger partial charge in [0.1, 0.15) is 5.82 Å². The van der Waals surface area contributed by atoms with Gasteiger partial charge in [-0.05, 0) is 12.1 Å². The molecule has 0 atom stereocenters. The second kappa shape index (κ2) is 4.45. The average molecular weight is 245 g/mol. The third-order valence-electron chi connectivity index (χ3n) is 1.72. The molecule has 1 aromatic heterocycles. The molecule has 0 unspecified atom stereocenters. The van der Waals surface area contributed by atoms with Gasteiger partial charge in [0.15, 0.2) is 0 Å². The third kappa shape index (κ3) is 2.91. The van der Waals surface area contributed by atoms with Gasteiger partial charge in [-0.2, -0.15) is 12.7 Å². The van der Waals surface area contributed by atoms with Gasteiger partial charge in [-0.25, -0.2) is 9.78 Å². The maximum absolute atomic E-state index is 11.4. The van der Waals surface area contributed by atoms with Crippen molar-refractivity contribution < 1.29 is 18.3 Å². The van der Waals surface area contributed by atoms with Crippen molar-refractivity contribution >= 4 is 22.0 Å². The molecule has 0 aromatic carbocycles. The van der Waals surface area contributed by atoms with E-state index in [0.29, 0.717) is 0 Å². The van der Waals surface area contributed by atoms with E-state index in [1.165, 1.54) is 26.4 Å². The number of carboxylic acid groups (broad SMARTS) is 1. The van der Waals surface area contributed by atoms with Crippen molar-refractivity contribution in [3.63, 3.8) is 0 Å². The predicted octanol–water partition coefficient (Wildman–Crippen LogP) is -0.00190. The zero-order chi connectivity index (χ0) is 12.3. The van der Waals surface area contributed by atoms with Gasteiger partial charge in [-0.1, -0.05) is 0 Å². The topological polar surface area (TPSA) is 99.6 Å². The smallest absolute Gasteiger partial charge is 0.335 e. The van der Waals surface area contributed by atoms with Gasteiger partial charge < -0.3 is 5.11 Å². The van der Waals surface area contributed by atoms with Crippen LogP contribution in [0.2, 0.25) is 0 Å². The van der Waals surface area contributed by atoms with Crippen molar-refractivity contribution in [1.29, 1.82) is 0 Å². The maximum Gasteiger partial charge on any atom is 0.335 e. The minimum atomic E-state index is -3.67. The Hall–Kier alpha value is -1.67. The van der Waals surface area contributed by atoms with Crippen LogP contribution >= 0.6 is 0 Å². The zero-order valence-electron chi connectivity index (χ0n) is 8.71. The lowest BCUT2D eigenvalue weighted by molar-refractivity contribution is 0.0697. The lowest BCUT2D eigenvalue weighted by Crippen LogP contribution is -2.29. The highest BCUT2D eigenvalue weighted by Gasteiger charge is 2.14. The molecular weight excluding hydrogens is 234 g/mol. The molecule has 0 aliphatic rings. The fourth-order valence-corrected chi connectivity index (χ4v) is 1.40. The minimum Gasteiger partial charge on any atom is -0.478 e. The first-order valence-electron chi connectivity index (χ1n) is 4.22. The van der Waals surface area contributed by atoms with Crippen molar-refractivity contribution in [2.45, 2.75) is 0 Å². The summed E-state index contributed by atoms with van der Waals surface area (Å²) in [5.41, 5.74) is -0.0357. The van der Waals surface area contributed by atoms with Crippen molar-refractivity contribution in [1.82, 2.24) is 9.29 Å². The maximum atomic E-state index is 11.4. The van der Waals surface area contributed by atoms with E-state index in [2.05, 4.69) is 9.71 Å². The number of hydrogen-bond acceptors (Lipinski definition) is 4. The molecule has 7 nitrogen and oxygen atoms in total. The van der Waals surface area contributed by atoms with Gasteiger partial charge in [0, 0.05) is 20.3 Å². The molecule has 1 rings (SSSR count). The molecule has 0 spiro atoms. The number of rotatable bonds is 4. The van der Waals surface area contributed by atoms with Crippen LogP contribution in [0.3, 0.4) is 0 Å². The number of carboxylic acids is 1. The first-order valence-corrected chi connectivity index (χ1v) is 5.66. The monoisotopic (exact) mass is 245 g/mol. The zero-order valence-corrected chi connectivity index (χ0v) is 9.52. The molecule has 0 amide bonds. The van der Waals surface area contributed by atoms with E-state index in [-0.39, 0.29) is 11.4 Å². The highest BCUT2D eigenvalue weighted by Crippen LogP contribution is 2.09. The average Bonchev–Trinajstić information content (AvgIpc) is 2.17. The molecule has 88 valence electrons. The molecule has 1 aromatic rings. The van der Waals surface area contributed by atoms with Crippen LogP contribution in [0.1, 0.15) is 10.4 Å². The van der Waals surface area contributed by atoms with E-state index in [9.17, 15) is 13.2 Å². The minimum absolute atomic E-state index is 0.0337. The first-order chi connectivity index (χ1) is 7.33. The normalized spacial score (nSPS) is 11.4. The second-order valence-electron chi connectivity index (χ2n) is 3.12. The summed E-state index contributed by atoms with van der Waals surface area (Å²) >= 11 is 0. The van der Waals surface area contributed by atoms with Crippen molar-refractivity contribution in [3.05, 3.63) is 23.9 Å². The Balaban J connectivity index is 2.99. The fourth-order valence-electron chi connectivity index (χ4n) is 0.843. The molecule has 0 saturated heterocycles. The number of anilines is 1. The van der Waals surface area contributed by atoms with Crippen molar-refractivity contribution in [3.8, 4) is 0 Å². The number of carbonyl (C=O) groups is 1. The summed E-state index contributed by atoms with van der Waals surface area (Å²) < 4.78 is 25.9. The van der Waals surface area contributed by atoms with Crippen LogP contribution in [0, 0.1) is 0 Å². The molecule has 0 aliphatic carbocycles. The van der Waals surface area contributed by atoms with E-state index < -0.39 is 16.2 Å². The number of hydrogen-bond donors (Lipinski definition) is 2. The van der Waals surface area contributed by atoms with E-state index in [4.69, 9.17) is 5.11 Å². The number of pyridine rings is 1. The van der Waals surface area contributed by atoms with Crippen molar-refractivity contribution in [2.75, 3.05) is 18.8 Å². The largest absolute Gasteiger partial charge is 0.478 e. The van der Waals surface area contributed by atoms with Gasteiger partial charge >= 0.3 is 16.2 Å². The molecule has 0 aliphatic heterocycles. The predicted molar refractivity (Wildman–Crippen MR) is 57.4 cm³/mol. The Labute approximate surface area is 92.9 Å². The summed E-state index contributed by atoms with van der Waals surface area (Å²) in [6, 6.07) is 2.42. The summed E-state index contributed by atoms with van der Waals surface area (Å²) in [6.45, 7) is 0. The van der Waals surface area contributed by atoms with Crippen LogP contribution in [0.5, 0.6) is 0 Å². The van der Waals surface area contributed by atoms with Crippen LogP contribution in [0.4, 0.5) is 5.82 Å². The van der Waals surface area contributed by atoms with Crippen LogP contribution in [-0.2, 0) is 10.2 Å². The molecule has 0 radical (unpaired) electrons. The highest BCUT2D eigenvalue weighted by molar-refractivity contribution is 7.90. The second-order valence-corrected chi connectivity index (χ2v) is 5.01. The first kappa shape index (κ1) is 12.4. The summed E-state index contributed by atoms with van der Waals surface area (Å²) in [5.74, 6) is -1.18. The van der Waals surface area contributed by atoms with Crippen molar-refractivity contribution in [2.24, 2.45) is 0 Å². The number of aromatic carboxylic acids is 1. The van der Waals surface area contributed by atoms with Gasteiger partial charge in [0.25, 0.3) is 0 Å². The Bertz CT molecular complexity index is 498. The quantitative estimate of drug-likeness (QED) is 0.777. The van der Waals surface area contributed by atoms with Crippen LogP contribution in [0.15, 0.2) is 18.3 Å². The third-order valence-corrected chi connectivity index (χ3v) is 3.15. The Morgan fingerprint density at radius 2 is 2.12 bits per heavy atom. The molecule has 2 N–H and O–H groups in total. The number of nitrogens with zero attached hydrogens (tertiary/aromatic N) is 2. The summed E-state index contributed by atoms with van der Waals surface area (Å²) in [7, 11) is -0.965. The van der Waals surface area contributed by atoms with E-state index in [1.54, 1.807) is 0 Å². The van der Waals surface area contributed by atoms with Gasteiger partial charge in [-0.3, -0.25) is 4.72 Å². The molecule has 0 saturated carbocycles. The number of aromatic nitrogens is 1. The van der Waals surface area contributed by atoms with Gasteiger partial charge in [0.2, 0.25) is 0 Å². The number of nitrogens with one attached hydrogen (secondary N) is 1. The molecule has 0 fully saturated rings. The van der Waals surface area contributed by atoms with Gasteiger partial charge in [-0.15, -0.1) is 0 Å². The summed E-state index contributed by atoms with van der Waals surface area (Å²) in [5, 5.41) is 8.70. The molecule has 16 heavy (non-hydrogen) atoms. The highest BCUT2D eigenvalue weighted by atomic mass is 32.2. The van der Waals surface area contributed by atoms with E-state index in [0.717, 1.165) is 10.4 Å². The molecular formula is C8H11N3O4S. The Morgan fingerprint density at radius 1 is 1.50 bits per heavy atom. The summed E-state index contributed by atoms with van der Waals surface area (Å²) in [6.07, 6.45) is 1.22. The van der Waals surface area contributed by atoms with E-state index in [1.807, 2.05) is 0 Å². The Kier molecular flexibility index (Phi) is 3.45. The lowest BCUT2D eigenvalue weighted by atomic mass is 10.3. The fraction of sp³-hybridized carbons (Fsp3) is 0.250. The van der Waals surface area contributed by atoms with Crippen LogP contribution in [0.25, 0.3) is 0 Å². The molecule has 8 heteroatoms. The molecule has 1 heterocycles. The SMILES string of the molecule is CN(C)S(=O)(=O)Nc1cc(C(=O)O)ccn1.